The second-order valence-electron chi connectivity index (χ2n) is 7.95. The molecule has 1 saturated carbocycles. The second kappa shape index (κ2) is 7.89. The Labute approximate surface area is 196 Å². The van der Waals surface area contributed by atoms with E-state index < -0.39 is 5.91 Å². The van der Waals surface area contributed by atoms with Crippen LogP contribution in [0.3, 0.4) is 0 Å². The quantitative estimate of drug-likeness (QED) is 0.416. The van der Waals surface area contributed by atoms with Crippen LogP contribution in [0.2, 0.25) is 0 Å². The number of amides is 1. The van der Waals surface area contributed by atoms with Gasteiger partial charge in [0.25, 0.3) is 5.91 Å². The number of primary amides is 1. The van der Waals surface area contributed by atoms with Gasteiger partial charge in [-0.25, -0.2) is 19.9 Å². The van der Waals surface area contributed by atoms with E-state index in [1.54, 1.807) is 11.0 Å². The minimum atomic E-state index is -0.512. The first-order valence-electron chi connectivity index (χ1n) is 10.2. The number of hydrogen-bond donors (Lipinski definition) is 1. The standard InChI is InChI=1S/C21H21BrN8OS/c1-10(19-27-11(2)28-30(19)21-24-8-16(32-21)18(23)31)29(3)20-15-7-13(22)6-14(12-4-5-12)17(15)25-9-26-20/h6-10,12H,4-5H2,1-3H3,(H2,23,31)/t10-/m0/s1. The Hall–Kier alpha value is -2.92. The van der Waals surface area contributed by atoms with Gasteiger partial charge in [0, 0.05) is 16.9 Å². The molecule has 32 heavy (non-hydrogen) atoms. The zero-order valence-corrected chi connectivity index (χ0v) is 20.2. The van der Waals surface area contributed by atoms with Crippen molar-refractivity contribution in [3.05, 3.63) is 51.2 Å². The number of rotatable bonds is 6. The van der Waals surface area contributed by atoms with Gasteiger partial charge in [-0.1, -0.05) is 27.3 Å². The van der Waals surface area contributed by atoms with Gasteiger partial charge in [0.05, 0.1) is 17.8 Å². The van der Waals surface area contributed by atoms with E-state index in [4.69, 9.17) is 5.73 Å². The third kappa shape index (κ3) is 3.65. The molecule has 1 aromatic carbocycles. The molecule has 0 spiro atoms. The maximum Gasteiger partial charge on any atom is 0.260 e. The summed E-state index contributed by atoms with van der Waals surface area (Å²) in [5.74, 6) is 2.18. The summed E-state index contributed by atoms with van der Waals surface area (Å²) in [7, 11) is 1.98. The van der Waals surface area contributed by atoms with E-state index in [-0.39, 0.29) is 6.04 Å². The molecule has 164 valence electrons. The lowest BCUT2D eigenvalue weighted by atomic mass is 10.1. The lowest BCUT2D eigenvalue weighted by Gasteiger charge is -2.26. The number of nitrogens with zero attached hydrogens (tertiary/aromatic N) is 7. The van der Waals surface area contributed by atoms with Gasteiger partial charge >= 0.3 is 0 Å². The number of carbonyl (C=O) groups is 1. The number of fused-ring (bicyclic) bond motifs is 1. The number of hydrogen-bond acceptors (Lipinski definition) is 8. The van der Waals surface area contributed by atoms with Crippen molar-refractivity contribution in [3.8, 4) is 5.13 Å². The van der Waals surface area contributed by atoms with Crippen LogP contribution >= 0.6 is 27.3 Å². The molecule has 0 bridgehead atoms. The van der Waals surface area contributed by atoms with Gasteiger partial charge in [0.1, 0.15) is 22.8 Å². The lowest BCUT2D eigenvalue weighted by molar-refractivity contribution is 0.100. The predicted molar refractivity (Wildman–Crippen MR) is 126 cm³/mol. The van der Waals surface area contributed by atoms with Crippen LogP contribution in [0.25, 0.3) is 16.0 Å². The first-order chi connectivity index (χ1) is 15.3. The first-order valence-corrected chi connectivity index (χ1v) is 11.8. The van der Waals surface area contributed by atoms with Crippen molar-refractivity contribution in [1.29, 1.82) is 0 Å². The van der Waals surface area contributed by atoms with Gasteiger partial charge in [-0.15, -0.1) is 5.10 Å². The molecule has 1 fully saturated rings. The van der Waals surface area contributed by atoms with E-state index in [0.29, 0.717) is 27.6 Å². The molecule has 0 saturated heterocycles. The van der Waals surface area contributed by atoms with E-state index >= 15 is 0 Å². The van der Waals surface area contributed by atoms with Gasteiger partial charge in [0.2, 0.25) is 5.13 Å². The number of benzene rings is 1. The minimum absolute atomic E-state index is 0.182. The molecule has 11 heteroatoms. The summed E-state index contributed by atoms with van der Waals surface area (Å²) in [5.41, 5.74) is 7.65. The largest absolute Gasteiger partial charge is 0.365 e. The normalized spacial score (nSPS) is 14.6. The minimum Gasteiger partial charge on any atom is -0.365 e. The molecule has 2 N–H and O–H groups in total. The topological polar surface area (TPSA) is 116 Å². The van der Waals surface area contributed by atoms with E-state index in [1.807, 2.05) is 20.9 Å². The number of aromatic nitrogens is 6. The summed E-state index contributed by atoms with van der Waals surface area (Å²) in [6.07, 6.45) is 5.48. The molecule has 0 radical (unpaired) electrons. The van der Waals surface area contributed by atoms with Crippen molar-refractivity contribution in [2.45, 2.75) is 38.6 Å². The fraction of sp³-hybridized carbons (Fsp3) is 0.333. The molecule has 9 nitrogen and oxygen atoms in total. The van der Waals surface area contributed by atoms with E-state index in [9.17, 15) is 4.79 Å². The van der Waals surface area contributed by atoms with Crippen LogP contribution in [-0.2, 0) is 0 Å². The van der Waals surface area contributed by atoms with E-state index in [2.05, 4.69) is 58.0 Å². The van der Waals surface area contributed by atoms with Gasteiger partial charge in [-0.3, -0.25) is 4.79 Å². The molecule has 3 heterocycles. The summed E-state index contributed by atoms with van der Waals surface area (Å²) in [6, 6.07) is 4.05. The Bertz CT molecular complexity index is 1350. The molecular formula is C21H21BrN8OS. The molecule has 3 aromatic heterocycles. The molecular weight excluding hydrogens is 492 g/mol. The van der Waals surface area contributed by atoms with Gasteiger partial charge in [-0.2, -0.15) is 4.68 Å². The Balaban J connectivity index is 1.57. The molecule has 1 atom stereocenters. The van der Waals surface area contributed by atoms with E-state index in [0.717, 1.165) is 21.2 Å². The molecule has 0 aliphatic heterocycles. The smallest absolute Gasteiger partial charge is 0.260 e. The number of anilines is 1. The Morgan fingerprint density at radius 3 is 2.78 bits per heavy atom. The van der Waals surface area contributed by atoms with Crippen LogP contribution < -0.4 is 10.6 Å². The fourth-order valence-corrected chi connectivity index (χ4v) is 5.01. The molecule has 5 rings (SSSR count). The van der Waals surface area contributed by atoms with Crippen LogP contribution in [0.4, 0.5) is 5.82 Å². The zero-order chi connectivity index (χ0) is 22.6. The SMILES string of the molecule is Cc1nc([C@H](C)N(C)c2ncnc3c(C4CC4)cc(Br)cc23)n(-c2ncc(C(N)=O)s2)n1. The summed E-state index contributed by atoms with van der Waals surface area (Å²) in [6.45, 7) is 3.87. The number of nitrogens with two attached hydrogens (primary N) is 1. The van der Waals surface area contributed by atoms with Crippen LogP contribution in [0.15, 0.2) is 29.1 Å². The van der Waals surface area contributed by atoms with Crippen molar-refractivity contribution in [2.75, 3.05) is 11.9 Å². The maximum atomic E-state index is 11.5. The van der Waals surface area contributed by atoms with Crippen molar-refractivity contribution >= 4 is 49.9 Å². The van der Waals surface area contributed by atoms with Gasteiger partial charge < -0.3 is 10.6 Å². The highest BCUT2D eigenvalue weighted by atomic mass is 79.9. The number of aryl methyl sites for hydroxylation is 1. The summed E-state index contributed by atoms with van der Waals surface area (Å²) in [5, 5.41) is 6.04. The first kappa shape index (κ1) is 21.0. The highest BCUT2D eigenvalue weighted by molar-refractivity contribution is 9.10. The van der Waals surface area contributed by atoms with Gasteiger partial charge in [-0.05, 0) is 50.3 Å². The summed E-state index contributed by atoms with van der Waals surface area (Å²) in [4.78, 5) is 32.1. The Morgan fingerprint density at radius 1 is 1.31 bits per heavy atom. The molecule has 0 unspecified atom stereocenters. The molecule has 1 aliphatic carbocycles. The Morgan fingerprint density at radius 2 is 2.09 bits per heavy atom. The van der Waals surface area contributed by atoms with Gasteiger partial charge in [0.15, 0.2) is 5.82 Å². The summed E-state index contributed by atoms with van der Waals surface area (Å²) >= 11 is 4.85. The van der Waals surface area contributed by atoms with Crippen LogP contribution in [-0.4, -0.2) is 42.7 Å². The zero-order valence-electron chi connectivity index (χ0n) is 17.8. The highest BCUT2D eigenvalue weighted by Gasteiger charge is 2.29. The predicted octanol–water partition coefficient (Wildman–Crippen LogP) is 3.91. The highest BCUT2D eigenvalue weighted by Crippen LogP contribution is 2.45. The average molecular weight is 513 g/mol. The maximum absolute atomic E-state index is 11.5. The molecule has 1 amide bonds. The number of thiazole rings is 1. The third-order valence-electron chi connectivity index (χ3n) is 5.67. The van der Waals surface area contributed by atoms with Crippen LogP contribution in [0.5, 0.6) is 0 Å². The summed E-state index contributed by atoms with van der Waals surface area (Å²) < 4.78 is 2.69. The van der Waals surface area contributed by atoms with Crippen LogP contribution in [0, 0.1) is 6.92 Å². The van der Waals surface area contributed by atoms with Crippen molar-refractivity contribution in [2.24, 2.45) is 5.73 Å². The van der Waals surface area contributed by atoms with Crippen molar-refractivity contribution in [1.82, 2.24) is 29.7 Å². The molecule has 1 aliphatic rings. The number of halogens is 1. The monoisotopic (exact) mass is 512 g/mol. The van der Waals surface area contributed by atoms with Crippen molar-refractivity contribution < 1.29 is 4.79 Å². The van der Waals surface area contributed by atoms with Crippen LogP contribution in [0.1, 0.15) is 58.6 Å². The average Bonchev–Trinajstić information content (AvgIpc) is 3.35. The van der Waals surface area contributed by atoms with E-state index in [1.165, 1.54) is 35.9 Å². The molecule has 4 aromatic rings. The fourth-order valence-electron chi connectivity index (χ4n) is 3.81. The van der Waals surface area contributed by atoms with Crippen molar-refractivity contribution in [3.63, 3.8) is 0 Å². The number of carbonyl (C=O) groups excluding carboxylic acids is 1. The third-order valence-corrected chi connectivity index (χ3v) is 7.12. The second-order valence-corrected chi connectivity index (χ2v) is 9.87. The Kier molecular flexibility index (Phi) is 5.17. The lowest BCUT2D eigenvalue weighted by Crippen LogP contribution is -2.26.